The summed E-state index contributed by atoms with van der Waals surface area (Å²) in [6.07, 6.45) is 0. The first-order valence-corrected chi connectivity index (χ1v) is 6.27. The van der Waals surface area contributed by atoms with E-state index in [-0.39, 0.29) is 24.9 Å². The van der Waals surface area contributed by atoms with Crippen molar-refractivity contribution in [3.05, 3.63) is 23.2 Å². The maximum atomic E-state index is 11.9. The fraction of sp³-hybridized carbons (Fsp3) is 0.462. The minimum Gasteiger partial charge on any atom is -0.495 e. The predicted molar refractivity (Wildman–Crippen MR) is 83.4 cm³/mol. The van der Waals surface area contributed by atoms with Crippen LogP contribution in [0.15, 0.2) is 18.2 Å². The molecule has 0 atom stereocenters. The largest absolute Gasteiger partial charge is 0.495 e. The van der Waals surface area contributed by atoms with Crippen LogP contribution < -0.4 is 15.0 Å². The van der Waals surface area contributed by atoms with E-state index in [1.54, 1.807) is 44.4 Å². The van der Waals surface area contributed by atoms with Crippen molar-refractivity contribution in [1.29, 1.82) is 0 Å². The lowest BCUT2D eigenvalue weighted by atomic mass is 10.2. The standard InChI is InChI=1S/C13H19ClN2O3.ClH/c1-16(13(17)9-15-6-7-18-2)10-4-5-12(19-3)11(14)8-10;/h4-5,8,15H,6-7,9H2,1-3H3;1H. The smallest absolute Gasteiger partial charge is 0.240 e. The van der Waals surface area contributed by atoms with Crippen molar-refractivity contribution in [2.45, 2.75) is 0 Å². The molecule has 0 aliphatic rings. The molecule has 0 saturated heterocycles. The van der Waals surface area contributed by atoms with Crippen LogP contribution in [0, 0.1) is 0 Å². The fourth-order valence-corrected chi connectivity index (χ4v) is 1.75. The molecule has 0 heterocycles. The third-order valence-electron chi connectivity index (χ3n) is 2.66. The topological polar surface area (TPSA) is 50.8 Å². The molecule has 0 spiro atoms. The summed E-state index contributed by atoms with van der Waals surface area (Å²) < 4.78 is 9.96. The molecule has 1 aromatic rings. The van der Waals surface area contributed by atoms with Crippen LogP contribution >= 0.6 is 24.0 Å². The Kier molecular flexibility index (Phi) is 9.33. The van der Waals surface area contributed by atoms with Gasteiger partial charge in [0.25, 0.3) is 0 Å². The van der Waals surface area contributed by atoms with Gasteiger partial charge in [0.15, 0.2) is 0 Å². The van der Waals surface area contributed by atoms with Crippen molar-refractivity contribution in [3.63, 3.8) is 0 Å². The van der Waals surface area contributed by atoms with Crippen molar-refractivity contribution < 1.29 is 14.3 Å². The number of nitrogens with zero attached hydrogens (tertiary/aromatic N) is 1. The summed E-state index contributed by atoms with van der Waals surface area (Å²) in [5.74, 6) is 0.543. The highest BCUT2D eigenvalue weighted by molar-refractivity contribution is 6.32. The van der Waals surface area contributed by atoms with E-state index in [0.29, 0.717) is 23.9 Å². The van der Waals surface area contributed by atoms with Crippen molar-refractivity contribution in [3.8, 4) is 5.75 Å². The SMILES string of the molecule is COCCNCC(=O)N(C)c1ccc(OC)c(Cl)c1.Cl. The number of carbonyl (C=O) groups excluding carboxylic acids is 1. The molecule has 7 heteroatoms. The average Bonchev–Trinajstić information content (AvgIpc) is 2.42. The van der Waals surface area contributed by atoms with Crippen LogP contribution in [-0.2, 0) is 9.53 Å². The molecule has 0 bridgehead atoms. The van der Waals surface area contributed by atoms with Crippen LogP contribution in [0.3, 0.4) is 0 Å². The number of hydrogen-bond donors (Lipinski definition) is 1. The van der Waals surface area contributed by atoms with E-state index >= 15 is 0 Å². The molecule has 0 unspecified atom stereocenters. The lowest BCUT2D eigenvalue weighted by molar-refractivity contribution is -0.117. The number of halogens is 2. The molecular formula is C13H20Cl2N2O3. The van der Waals surface area contributed by atoms with E-state index in [1.165, 1.54) is 0 Å². The fourth-order valence-electron chi connectivity index (χ4n) is 1.50. The Morgan fingerprint density at radius 1 is 1.40 bits per heavy atom. The van der Waals surface area contributed by atoms with E-state index in [9.17, 15) is 4.79 Å². The molecule has 0 aliphatic carbocycles. The predicted octanol–water partition coefficient (Wildman–Crippen LogP) is 1.97. The Hall–Kier alpha value is -1.01. The van der Waals surface area contributed by atoms with E-state index in [1.807, 2.05) is 0 Å². The highest BCUT2D eigenvalue weighted by atomic mass is 35.5. The van der Waals surface area contributed by atoms with Crippen molar-refractivity contribution >= 4 is 35.6 Å². The van der Waals surface area contributed by atoms with E-state index in [2.05, 4.69) is 5.32 Å². The normalized spacial score (nSPS) is 9.80. The molecule has 5 nitrogen and oxygen atoms in total. The Labute approximate surface area is 130 Å². The lowest BCUT2D eigenvalue weighted by Gasteiger charge is -2.18. The molecule has 1 N–H and O–H groups in total. The van der Waals surface area contributed by atoms with Gasteiger partial charge in [-0.05, 0) is 18.2 Å². The molecule has 20 heavy (non-hydrogen) atoms. The summed E-state index contributed by atoms with van der Waals surface area (Å²) >= 11 is 6.03. The zero-order valence-electron chi connectivity index (χ0n) is 11.8. The Balaban J connectivity index is 0.00000361. The Morgan fingerprint density at radius 3 is 2.65 bits per heavy atom. The zero-order valence-corrected chi connectivity index (χ0v) is 13.4. The number of ether oxygens (including phenoxy) is 2. The van der Waals surface area contributed by atoms with Gasteiger partial charge in [0, 0.05) is 26.4 Å². The number of benzene rings is 1. The summed E-state index contributed by atoms with van der Waals surface area (Å²) in [5.41, 5.74) is 0.726. The maximum Gasteiger partial charge on any atom is 0.240 e. The molecule has 0 saturated carbocycles. The molecule has 114 valence electrons. The summed E-state index contributed by atoms with van der Waals surface area (Å²) in [5, 5.41) is 3.48. The lowest BCUT2D eigenvalue weighted by Crippen LogP contribution is -2.36. The van der Waals surface area contributed by atoms with Gasteiger partial charge in [0.05, 0.1) is 25.3 Å². The van der Waals surface area contributed by atoms with E-state index in [0.717, 1.165) is 5.69 Å². The maximum absolute atomic E-state index is 11.9. The first kappa shape index (κ1) is 19.0. The highest BCUT2D eigenvalue weighted by Crippen LogP contribution is 2.28. The first-order chi connectivity index (χ1) is 9.10. The second-order valence-electron chi connectivity index (χ2n) is 3.94. The molecule has 1 aromatic carbocycles. The Bertz CT molecular complexity index is 430. The van der Waals surface area contributed by atoms with Gasteiger partial charge in [-0.25, -0.2) is 0 Å². The monoisotopic (exact) mass is 322 g/mol. The third-order valence-corrected chi connectivity index (χ3v) is 2.95. The van der Waals surface area contributed by atoms with Gasteiger partial charge in [0.1, 0.15) is 5.75 Å². The number of methoxy groups -OCH3 is 2. The second kappa shape index (κ2) is 9.83. The van der Waals surface area contributed by atoms with Gasteiger partial charge >= 0.3 is 0 Å². The molecule has 1 rings (SSSR count). The van der Waals surface area contributed by atoms with Crippen LogP contribution in [0.2, 0.25) is 5.02 Å². The third kappa shape index (κ3) is 5.54. The minimum absolute atomic E-state index is 0. The number of amides is 1. The number of likely N-dealkylation sites (N-methyl/N-ethyl adjacent to an activating group) is 1. The molecule has 0 fully saturated rings. The summed E-state index contributed by atoms with van der Waals surface area (Å²) in [6, 6.07) is 5.23. The molecule has 0 aromatic heterocycles. The molecule has 0 radical (unpaired) electrons. The second-order valence-corrected chi connectivity index (χ2v) is 4.35. The summed E-state index contributed by atoms with van der Waals surface area (Å²) in [7, 11) is 4.88. The minimum atomic E-state index is -0.0441. The van der Waals surface area contributed by atoms with E-state index < -0.39 is 0 Å². The van der Waals surface area contributed by atoms with Crippen molar-refractivity contribution in [1.82, 2.24) is 5.32 Å². The van der Waals surface area contributed by atoms with Gasteiger partial charge in [-0.3, -0.25) is 4.79 Å². The number of anilines is 1. The number of nitrogens with one attached hydrogen (secondary N) is 1. The van der Waals surface area contributed by atoms with Crippen LogP contribution in [0.4, 0.5) is 5.69 Å². The average molecular weight is 323 g/mol. The van der Waals surface area contributed by atoms with Crippen LogP contribution in [-0.4, -0.2) is 46.9 Å². The Morgan fingerprint density at radius 2 is 2.10 bits per heavy atom. The molecule has 1 amide bonds. The van der Waals surface area contributed by atoms with Crippen LogP contribution in [0.5, 0.6) is 5.75 Å². The van der Waals surface area contributed by atoms with Gasteiger partial charge in [0.2, 0.25) is 5.91 Å². The summed E-state index contributed by atoms with van der Waals surface area (Å²) in [4.78, 5) is 13.5. The highest BCUT2D eigenvalue weighted by Gasteiger charge is 2.12. The molecule has 0 aliphatic heterocycles. The number of carbonyl (C=O) groups is 1. The number of rotatable bonds is 7. The van der Waals surface area contributed by atoms with Crippen molar-refractivity contribution in [2.75, 3.05) is 45.9 Å². The summed E-state index contributed by atoms with van der Waals surface area (Å²) in [6.45, 7) is 1.47. The van der Waals surface area contributed by atoms with E-state index in [4.69, 9.17) is 21.1 Å². The number of hydrogen-bond acceptors (Lipinski definition) is 4. The first-order valence-electron chi connectivity index (χ1n) is 5.90. The van der Waals surface area contributed by atoms with Gasteiger partial charge in [-0.15, -0.1) is 12.4 Å². The van der Waals surface area contributed by atoms with Gasteiger partial charge < -0.3 is 19.7 Å². The van der Waals surface area contributed by atoms with Crippen LogP contribution in [0.1, 0.15) is 0 Å². The quantitative estimate of drug-likeness (QED) is 0.780. The molecular weight excluding hydrogens is 303 g/mol. The van der Waals surface area contributed by atoms with Gasteiger partial charge in [-0.1, -0.05) is 11.6 Å². The van der Waals surface area contributed by atoms with Crippen molar-refractivity contribution in [2.24, 2.45) is 0 Å². The van der Waals surface area contributed by atoms with Crippen LogP contribution in [0.25, 0.3) is 0 Å². The van der Waals surface area contributed by atoms with Gasteiger partial charge in [-0.2, -0.15) is 0 Å². The zero-order chi connectivity index (χ0) is 14.3.